The highest BCUT2D eigenvalue weighted by Gasteiger charge is 2.23. The van der Waals surface area contributed by atoms with Crippen LogP contribution in [-0.2, 0) is 0 Å². The number of pyridine rings is 1. The summed E-state index contributed by atoms with van der Waals surface area (Å²) in [7, 11) is 0. The fraction of sp³-hybridized carbons (Fsp3) is 0.294. The van der Waals surface area contributed by atoms with Crippen molar-refractivity contribution in [2.24, 2.45) is 0 Å². The summed E-state index contributed by atoms with van der Waals surface area (Å²) < 4.78 is 5.41. The molecule has 3 rings (SSSR count). The Kier molecular flexibility index (Phi) is 4.61. The molecule has 1 aliphatic carbocycles. The van der Waals surface area contributed by atoms with Crippen molar-refractivity contribution >= 4 is 23.2 Å². The van der Waals surface area contributed by atoms with E-state index < -0.39 is 0 Å². The predicted octanol–water partition coefficient (Wildman–Crippen LogP) is 3.51. The number of aromatic nitrogens is 1. The molecular formula is C17H20N4O2. The largest absolute Gasteiger partial charge is 0.494 e. The molecule has 1 aromatic heterocycles. The van der Waals surface area contributed by atoms with Gasteiger partial charge in [-0.15, -0.1) is 0 Å². The Morgan fingerprint density at radius 2 is 1.91 bits per heavy atom. The smallest absolute Gasteiger partial charge is 0.319 e. The molecule has 0 radical (unpaired) electrons. The van der Waals surface area contributed by atoms with E-state index in [1.54, 1.807) is 6.20 Å². The van der Waals surface area contributed by atoms with Crippen molar-refractivity contribution in [2.75, 3.05) is 17.2 Å². The molecule has 1 saturated carbocycles. The van der Waals surface area contributed by atoms with E-state index in [1.165, 1.54) is 0 Å². The van der Waals surface area contributed by atoms with Crippen LogP contribution in [0.2, 0.25) is 0 Å². The highest BCUT2D eigenvalue weighted by Crippen LogP contribution is 2.20. The van der Waals surface area contributed by atoms with E-state index in [0.29, 0.717) is 24.2 Å². The fourth-order valence-electron chi connectivity index (χ4n) is 2.07. The number of nitrogens with one attached hydrogen (secondary N) is 3. The number of carbonyl (C=O) groups is 1. The number of ether oxygens (including phenoxy) is 1. The van der Waals surface area contributed by atoms with Crippen LogP contribution in [0.25, 0.3) is 0 Å². The van der Waals surface area contributed by atoms with Crippen molar-refractivity contribution in [3.05, 3.63) is 42.6 Å². The van der Waals surface area contributed by atoms with Crippen LogP contribution in [0.1, 0.15) is 19.8 Å². The van der Waals surface area contributed by atoms with Gasteiger partial charge in [-0.05, 0) is 56.2 Å². The summed E-state index contributed by atoms with van der Waals surface area (Å²) in [6.07, 6.45) is 3.76. The first-order valence-electron chi connectivity index (χ1n) is 7.76. The van der Waals surface area contributed by atoms with E-state index in [-0.39, 0.29) is 6.03 Å². The first-order chi connectivity index (χ1) is 11.2. The molecular weight excluding hydrogens is 292 g/mol. The van der Waals surface area contributed by atoms with E-state index in [4.69, 9.17) is 4.74 Å². The maximum Gasteiger partial charge on any atom is 0.319 e. The molecule has 0 unspecified atom stereocenters. The molecule has 1 heterocycles. The van der Waals surface area contributed by atoms with Gasteiger partial charge in [-0.2, -0.15) is 0 Å². The third-order valence-corrected chi connectivity index (χ3v) is 3.37. The van der Waals surface area contributed by atoms with Crippen LogP contribution >= 0.6 is 0 Å². The highest BCUT2D eigenvalue weighted by molar-refractivity contribution is 5.89. The molecule has 0 aliphatic heterocycles. The Morgan fingerprint density at radius 3 is 2.52 bits per heavy atom. The number of benzene rings is 1. The number of hydrogen-bond acceptors (Lipinski definition) is 4. The summed E-state index contributed by atoms with van der Waals surface area (Å²) in [5, 5.41) is 8.84. The van der Waals surface area contributed by atoms with Crippen molar-refractivity contribution in [3.8, 4) is 5.75 Å². The van der Waals surface area contributed by atoms with Crippen LogP contribution in [0, 0.1) is 0 Å². The van der Waals surface area contributed by atoms with Crippen LogP contribution < -0.4 is 20.7 Å². The van der Waals surface area contributed by atoms with Gasteiger partial charge in [0.1, 0.15) is 11.6 Å². The molecule has 6 heteroatoms. The number of urea groups is 1. The molecule has 2 aromatic rings. The molecule has 1 aliphatic rings. The lowest BCUT2D eigenvalue weighted by atomic mass is 10.3. The fourth-order valence-corrected chi connectivity index (χ4v) is 2.07. The van der Waals surface area contributed by atoms with Crippen molar-refractivity contribution < 1.29 is 9.53 Å². The van der Waals surface area contributed by atoms with Gasteiger partial charge in [-0.3, -0.25) is 0 Å². The van der Waals surface area contributed by atoms with Crippen LogP contribution in [0.3, 0.4) is 0 Å². The molecule has 6 nitrogen and oxygen atoms in total. The normalized spacial score (nSPS) is 13.3. The van der Waals surface area contributed by atoms with Crippen molar-refractivity contribution in [3.63, 3.8) is 0 Å². The van der Waals surface area contributed by atoms with Crippen LogP contribution in [0.5, 0.6) is 5.75 Å². The summed E-state index contributed by atoms with van der Waals surface area (Å²) >= 11 is 0. The van der Waals surface area contributed by atoms with Crippen molar-refractivity contribution in [1.29, 1.82) is 0 Å². The van der Waals surface area contributed by atoms with E-state index in [9.17, 15) is 4.79 Å². The second-order valence-corrected chi connectivity index (χ2v) is 5.39. The van der Waals surface area contributed by atoms with Crippen LogP contribution in [-0.4, -0.2) is 23.7 Å². The summed E-state index contributed by atoms with van der Waals surface area (Å²) in [6.45, 7) is 2.60. The zero-order valence-corrected chi connectivity index (χ0v) is 13.0. The Labute approximate surface area is 135 Å². The molecule has 0 saturated heterocycles. The van der Waals surface area contributed by atoms with Gasteiger partial charge in [0, 0.05) is 11.7 Å². The van der Waals surface area contributed by atoms with Crippen LogP contribution in [0.15, 0.2) is 42.6 Å². The summed E-state index contributed by atoms with van der Waals surface area (Å²) in [6, 6.07) is 11.5. The number of carbonyl (C=O) groups excluding carboxylic acids is 1. The number of hydrogen-bond donors (Lipinski definition) is 3. The highest BCUT2D eigenvalue weighted by atomic mass is 16.5. The van der Waals surface area contributed by atoms with Gasteiger partial charge in [0.25, 0.3) is 0 Å². The van der Waals surface area contributed by atoms with E-state index in [1.807, 2.05) is 43.3 Å². The quantitative estimate of drug-likeness (QED) is 0.763. The Hall–Kier alpha value is -2.76. The molecule has 1 aromatic carbocycles. The van der Waals surface area contributed by atoms with E-state index in [2.05, 4.69) is 20.9 Å². The van der Waals surface area contributed by atoms with Gasteiger partial charge in [-0.1, -0.05) is 0 Å². The molecule has 0 spiro atoms. The molecule has 1 fully saturated rings. The van der Waals surface area contributed by atoms with Gasteiger partial charge in [0.15, 0.2) is 0 Å². The van der Waals surface area contributed by atoms with E-state index >= 15 is 0 Å². The second kappa shape index (κ2) is 7.00. The lowest BCUT2D eigenvalue weighted by molar-refractivity contribution is 0.251. The minimum absolute atomic E-state index is 0.179. The first-order valence-corrected chi connectivity index (χ1v) is 7.76. The second-order valence-electron chi connectivity index (χ2n) is 5.39. The Balaban J connectivity index is 1.54. The van der Waals surface area contributed by atoms with Gasteiger partial charge >= 0.3 is 6.03 Å². The third kappa shape index (κ3) is 4.60. The van der Waals surface area contributed by atoms with Gasteiger partial charge in [-0.25, -0.2) is 9.78 Å². The lowest BCUT2D eigenvalue weighted by Gasteiger charge is -2.09. The maximum atomic E-state index is 11.6. The number of nitrogens with zero attached hydrogens (tertiary/aromatic N) is 1. The van der Waals surface area contributed by atoms with Crippen molar-refractivity contribution in [1.82, 2.24) is 10.3 Å². The average molecular weight is 312 g/mol. The number of rotatable bonds is 6. The molecule has 3 N–H and O–H groups in total. The number of anilines is 3. The van der Waals surface area contributed by atoms with Crippen LogP contribution in [0.4, 0.5) is 22.0 Å². The SMILES string of the molecule is CCOc1ccc(Nc2ccc(NC(=O)NC3CC3)cn2)cc1. The lowest BCUT2D eigenvalue weighted by Crippen LogP contribution is -2.30. The topological polar surface area (TPSA) is 75.3 Å². The first kappa shape index (κ1) is 15.1. The minimum atomic E-state index is -0.179. The zero-order valence-electron chi connectivity index (χ0n) is 13.0. The summed E-state index contributed by atoms with van der Waals surface area (Å²) in [4.78, 5) is 15.9. The zero-order chi connectivity index (χ0) is 16.1. The summed E-state index contributed by atoms with van der Waals surface area (Å²) in [5.41, 5.74) is 1.59. The van der Waals surface area contributed by atoms with Gasteiger partial charge in [0.2, 0.25) is 0 Å². The molecule has 2 amide bonds. The molecule has 120 valence electrons. The molecule has 23 heavy (non-hydrogen) atoms. The van der Waals surface area contributed by atoms with E-state index in [0.717, 1.165) is 24.3 Å². The molecule has 0 bridgehead atoms. The monoisotopic (exact) mass is 312 g/mol. The maximum absolute atomic E-state index is 11.6. The van der Waals surface area contributed by atoms with Gasteiger partial charge in [0.05, 0.1) is 18.5 Å². The van der Waals surface area contributed by atoms with Gasteiger partial charge < -0.3 is 20.7 Å². The minimum Gasteiger partial charge on any atom is -0.494 e. The Morgan fingerprint density at radius 1 is 1.17 bits per heavy atom. The molecule has 0 atom stereocenters. The summed E-state index contributed by atoms with van der Waals surface area (Å²) in [5.74, 6) is 1.55. The number of amides is 2. The Bertz CT molecular complexity index is 651. The standard InChI is InChI=1S/C17H20N4O2/c1-2-23-15-8-5-12(6-9-15)19-16-10-7-14(11-18-16)21-17(22)20-13-3-4-13/h5-11,13H,2-4H2,1H3,(H,18,19)(H2,20,21,22). The predicted molar refractivity (Wildman–Crippen MR) is 90.3 cm³/mol. The van der Waals surface area contributed by atoms with Crippen molar-refractivity contribution in [2.45, 2.75) is 25.8 Å². The average Bonchev–Trinajstić information content (AvgIpc) is 3.35. The third-order valence-electron chi connectivity index (χ3n) is 3.37.